The molecular formula is C22H28N6O3. The second-order valence-electron chi connectivity index (χ2n) is 8.35. The van der Waals surface area contributed by atoms with Crippen molar-refractivity contribution in [3.63, 3.8) is 0 Å². The van der Waals surface area contributed by atoms with Crippen molar-refractivity contribution in [3.8, 4) is 0 Å². The molecule has 31 heavy (non-hydrogen) atoms. The summed E-state index contributed by atoms with van der Waals surface area (Å²) in [6.45, 7) is 5.21. The number of nitrogens with zero attached hydrogens (tertiary/aromatic N) is 5. The van der Waals surface area contributed by atoms with Gasteiger partial charge in [-0.25, -0.2) is 9.97 Å². The third-order valence-corrected chi connectivity index (χ3v) is 5.88. The maximum Gasteiger partial charge on any atom is 0.270 e. The Balaban J connectivity index is 1.23. The van der Waals surface area contributed by atoms with Crippen molar-refractivity contribution in [2.75, 3.05) is 32.7 Å². The van der Waals surface area contributed by atoms with Gasteiger partial charge in [-0.3, -0.25) is 19.5 Å². The minimum Gasteiger partial charge on any atom is -0.390 e. The number of rotatable bonds is 7. The lowest BCUT2D eigenvalue weighted by Gasteiger charge is -2.38. The van der Waals surface area contributed by atoms with E-state index in [2.05, 4.69) is 31.2 Å². The summed E-state index contributed by atoms with van der Waals surface area (Å²) in [5, 5.41) is 13.1. The van der Waals surface area contributed by atoms with Crippen LogP contribution in [0.3, 0.4) is 0 Å². The quantitative estimate of drug-likeness (QED) is 0.646. The third-order valence-electron chi connectivity index (χ3n) is 5.88. The maximum absolute atomic E-state index is 12.5. The molecule has 2 amide bonds. The number of nitrogens with one attached hydrogen (secondary N) is 1. The van der Waals surface area contributed by atoms with Crippen molar-refractivity contribution in [2.45, 2.75) is 32.4 Å². The number of pyridine rings is 1. The van der Waals surface area contributed by atoms with Gasteiger partial charge < -0.3 is 15.3 Å². The summed E-state index contributed by atoms with van der Waals surface area (Å²) >= 11 is 0. The first-order valence-electron chi connectivity index (χ1n) is 10.7. The van der Waals surface area contributed by atoms with Gasteiger partial charge in [-0.05, 0) is 36.5 Å². The molecule has 0 saturated carbocycles. The van der Waals surface area contributed by atoms with Crippen LogP contribution in [0.2, 0.25) is 0 Å². The Morgan fingerprint density at radius 1 is 1.29 bits per heavy atom. The van der Waals surface area contributed by atoms with Crippen LogP contribution in [0.5, 0.6) is 0 Å². The number of likely N-dealkylation sites (tertiary alicyclic amines) is 1. The van der Waals surface area contributed by atoms with Crippen molar-refractivity contribution in [2.24, 2.45) is 5.92 Å². The highest BCUT2D eigenvalue weighted by Crippen LogP contribution is 2.19. The number of carbonyl (C=O) groups is 2. The number of amides is 2. The van der Waals surface area contributed by atoms with Crippen LogP contribution in [0.1, 0.15) is 34.4 Å². The normalized spacial score (nSPS) is 17.5. The van der Waals surface area contributed by atoms with Crippen molar-refractivity contribution < 1.29 is 14.7 Å². The standard InChI is InChI=1S/C22H28N6O3/c1-15(29)28-10-16(11-28)7-18-8-20(26-14-25-18)22(31)24-9-19(30)12-27-6-4-17-3-2-5-23-21(17)13-27/h2-3,5,8,14,16,19,30H,4,6-7,9-13H2,1H3,(H,24,31)/t19-/m0/s1. The van der Waals surface area contributed by atoms with E-state index in [1.165, 1.54) is 11.9 Å². The summed E-state index contributed by atoms with van der Waals surface area (Å²) in [5.74, 6) is 0.121. The van der Waals surface area contributed by atoms with E-state index in [-0.39, 0.29) is 24.1 Å². The van der Waals surface area contributed by atoms with Gasteiger partial charge >= 0.3 is 0 Å². The molecule has 2 N–H and O–H groups in total. The number of aliphatic hydroxyl groups excluding tert-OH is 1. The third kappa shape index (κ3) is 5.42. The van der Waals surface area contributed by atoms with Crippen molar-refractivity contribution >= 4 is 11.8 Å². The highest BCUT2D eigenvalue weighted by Gasteiger charge is 2.29. The van der Waals surface area contributed by atoms with Crippen LogP contribution in [-0.4, -0.2) is 80.5 Å². The molecule has 0 bridgehead atoms. The molecule has 9 nitrogen and oxygen atoms in total. The zero-order chi connectivity index (χ0) is 21.8. The minimum absolute atomic E-state index is 0.0857. The Bertz CT molecular complexity index is 946. The fourth-order valence-corrected chi connectivity index (χ4v) is 4.12. The molecule has 1 fully saturated rings. The van der Waals surface area contributed by atoms with Crippen LogP contribution in [0.4, 0.5) is 0 Å². The number of fused-ring (bicyclic) bond motifs is 1. The average molecular weight is 425 g/mol. The van der Waals surface area contributed by atoms with Gasteiger partial charge in [-0.2, -0.15) is 0 Å². The summed E-state index contributed by atoms with van der Waals surface area (Å²) in [7, 11) is 0. The van der Waals surface area contributed by atoms with Gasteiger partial charge in [-0.1, -0.05) is 6.07 Å². The molecule has 4 heterocycles. The molecule has 0 radical (unpaired) electrons. The molecule has 1 atom stereocenters. The molecule has 0 aliphatic carbocycles. The number of hydrogen-bond acceptors (Lipinski definition) is 7. The van der Waals surface area contributed by atoms with E-state index < -0.39 is 6.10 Å². The van der Waals surface area contributed by atoms with Crippen LogP contribution in [0.25, 0.3) is 0 Å². The first kappa shape index (κ1) is 21.3. The molecule has 0 unspecified atom stereocenters. The number of carbonyl (C=O) groups excluding carboxylic acids is 2. The van der Waals surface area contributed by atoms with Gasteiger partial charge in [0.25, 0.3) is 5.91 Å². The Labute approximate surface area is 181 Å². The highest BCUT2D eigenvalue weighted by atomic mass is 16.3. The monoisotopic (exact) mass is 424 g/mol. The predicted molar refractivity (Wildman–Crippen MR) is 113 cm³/mol. The van der Waals surface area contributed by atoms with Crippen molar-refractivity contribution in [1.29, 1.82) is 0 Å². The van der Waals surface area contributed by atoms with Gasteiger partial charge in [0.1, 0.15) is 12.0 Å². The largest absolute Gasteiger partial charge is 0.390 e. The molecule has 2 aliphatic rings. The lowest BCUT2D eigenvalue weighted by Crippen LogP contribution is -2.49. The van der Waals surface area contributed by atoms with Crippen LogP contribution >= 0.6 is 0 Å². The van der Waals surface area contributed by atoms with Gasteiger partial charge in [-0.15, -0.1) is 0 Å². The first-order chi connectivity index (χ1) is 15.0. The van der Waals surface area contributed by atoms with Gasteiger partial charge in [0.05, 0.1) is 11.8 Å². The Hall–Kier alpha value is -2.91. The average Bonchev–Trinajstić information content (AvgIpc) is 2.74. The smallest absolute Gasteiger partial charge is 0.270 e. The Morgan fingerprint density at radius 3 is 2.94 bits per heavy atom. The van der Waals surface area contributed by atoms with E-state index in [1.807, 2.05) is 6.07 Å². The van der Waals surface area contributed by atoms with Crippen LogP contribution in [0.15, 0.2) is 30.7 Å². The van der Waals surface area contributed by atoms with E-state index in [0.29, 0.717) is 25.4 Å². The molecule has 0 spiro atoms. The van der Waals surface area contributed by atoms with Crippen molar-refractivity contribution in [3.05, 3.63) is 53.4 Å². The number of β-amino-alcohol motifs (C(OH)–C–C–N with tert-alkyl or cyclic N) is 1. The number of hydrogen-bond donors (Lipinski definition) is 2. The molecule has 2 aromatic rings. The predicted octanol–water partition coefficient (Wildman–Crippen LogP) is 0.0414. The molecule has 164 valence electrons. The highest BCUT2D eigenvalue weighted by molar-refractivity contribution is 5.92. The van der Waals surface area contributed by atoms with E-state index in [9.17, 15) is 14.7 Å². The lowest BCUT2D eigenvalue weighted by atomic mass is 9.94. The molecule has 9 heteroatoms. The van der Waals surface area contributed by atoms with Crippen LogP contribution in [-0.2, 0) is 24.2 Å². The van der Waals surface area contributed by atoms with E-state index in [1.54, 1.807) is 24.1 Å². The zero-order valence-electron chi connectivity index (χ0n) is 17.7. The Morgan fingerprint density at radius 2 is 2.13 bits per heavy atom. The summed E-state index contributed by atoms with van der Waals surface area (Å²) in [6, 6.07) is 5.73. The zero-order valence-corrected chi connectivity index (χ0v) is 17.7. The van der Waals surface area contributed by atoms with Gasteiger partial charge in [0.2, 0.25) is 5.91 Å². The number of aliphatic hydroxyl groups is 1. The summed E-state index contributed by atoms with van der Waals surface area (Å²) < 4.78 is 0. The van der Waals surface area contributed by atoms with Crippen LogP contribution in [0, 0.1) is 5.92 Å². The fraction of sp³-hybridized carbons (Fsp3) is 0.500. The SMILES string of the molecule is CC(=O)N1CC(Cc2cc(C(=O)NC[C@H](O)CN3CCc4cccnc4C3)ncn2)C1. The molecule has 2 aliphatic heterocycles. The minimum atomic E-state index is -0.678. The van der Waals surface area contributed by atoms with Crippen LogP contribution < -0.4 is 5.32 Å². The fourth-order valence-electron chi connectivity index (χ4n) is 4.12. The first-order valence-corrected chi connectivity index (χ1v) is 10.7. The lowest BCUT2D eigenvalue weighted by molar-refractivity contribution is -0.134. The Kier molecular flexibility index (Phi) is 6.53. The van der Waals surface area contributed by atoms with E-state index in [4.69, 9.17) is 0 Å². The summed E-state index contributed by atoms with van der Waals surface area (Å²) in [6.07, 6.45) is 4.12. The summed E-state index contributed by atoms with van der Waals surface area (Å²) in [5.41, 5.74) is 3.39. The molecular weight excluding hydrogens is 396 g/mol. The molecule has 4 rings (SSSR count). The summed E-state index contributed by atoms with van der Waals surface area (Å²) in [4.78, 5) is 40.4. The van der Waals surface area contributed by atoms with E-state index >= 15 is 0 Å². The van der Waals surface area contributed by atoms with E-state index in [0.717, 1.165) is 37.4 Å². The maximum atomic E-state index is 12.5. The molecule has 0 aromatic carbocycles. The second-order valence-corrected chi connectivity index (χ2v) is 8.35. The number of aromatic nitrogens is 3. The molecule has 1 saturated heterocycles. The van der Waals surface area contributed by atoms with Gasteiger partial charge in [0, 0.05) is 58.1 Å². The second kappa shape index (κ2) is 9.49. The molecule has 2 aromatic heterocycles. The topological polar surface area (TPSA) is 112 Å². The van der Waals surface area contributed by atoms with Gasteiger partial charge in [0.15, 0.2) is 0 Å². The van der Waals surface area contributed by atoms with Crippen molar-refractivity contribution in [1.82, 2.24) is 30.1 Å².